The summed E-state index contributed by atoms with van der Waals surface area (Å²) in [6.45, 7) is 3.72. The lowest BCUT2D eigenvalue weighted by Crippen LogP contribution is -2.55. The maximum atomic E-state index is 12.9. The first-order chi connectivity index (χ1) is 9.63. The summed E-state index contributed by atoms with van der Waals surface area (Å²) >= 11 is 0. The minimum atomic E-state index is -0.256. The van der Waals surface area contributed by atoms with Gasteiger partial charge in [-0.15, -0.1) is 0 Å². The fraction of sp³-hybridized carbons (Fsp3) is 0.600. The van der Waals surface area contributed by atoms with E-state index in [2.05, 4.69) is 11.8 Å². The Bertz CT molecular complexity index is 413. The van der Waals surface area contributed by atoms with E-state index in [0.29, 0.717) is 5.75 Å². The zero-order chi connectivity index (χ0) is 14.5. The molecule has 0 spiro atoms. The number of piperidine rings is 1. The van der Waals surface area contributed by atoms with E-state index in [1.165, 1.54) is 12.1 Å². The van der Waals surface area contributed by atoms with Crippen LogP contribution in [0.1, 0.15) is 19.8 Å². The third-order valence-electron chi connectivity index (χ3n) is 3.79. The molecule has 3 unspecified atom stereocenters. The zero-order valence-electron chi connectivity index (χ0n) is 12.1. The molecule has 0 radical (unpaired) electrons. The summed E-state index contributed by atoms with van der Waals surface area (Å²) in [4.78, 5) is 2.24. The molecule has 1 aliphatic rings. The third kappa shape index (κ3) is 3.69. The van der Waals surface area contributed by atoms with Gasteiger partial charge in [0.2, 0.25) is 0 Å². The molecule has 112 valence electrons. The molecule has 0 aliphatic carbocycles. The number of hydrogen-bond donors (Lipinski definition) is 1. The molecule has 3 atom stereocenters. The van der Waals surface area contributed by atoms with Gasteiger partial charge in [-0.05, 0) is 37.1 Å². The van der Waals surface area contributed by atoms with Crippen molar-refractivity contribution in [1.82, 2.24) is 4.90 Å². The standard InChI is InChI=1S/C15H23FN2O2/c1-3-15(20-12-6-4-11(16)5-7-12)18-9-8-13(17)14(10-18)19-2/h4-7,13-15H,3,8-10,17H2,1-2H3. The van der Waals surface area contributed by atoms with E-state index >= 15 is 0 Å². The van der Waals surface area contributed by atoms with Crippen LogP contribution in [-0.2, 0) is 4.74 Å². The Morgan fingerprint density at radius 2 is 2.10 bits per heavy atom. The Morgan fingerprint density at radius 1 is 1.40 bits per heavy atom. The number of hydrogen-bond acceptors (Lipinski definition) is 4. The number of nitrogens with two attached hydrogens (primary N) is 1. The first-order valence-corrected chi connectivity index (χ1v) is 7.08. The molecule has 0 saturated carbocycles. The molecule has 0 aromatic heterocycles. The van der Waals surface area contributed by atoms with Crippen LogP contribution in [0.25, 0.3) is 0 Å². The van der Waals surface area contributed by atoms with Crippen LogP contribution in [-0.4, -0.2) is 43.5 Å². The number of rotatable bonds is 5. The van der Waals surface area contributed by atoms with Crippen LogP contribution in [0.3, 0.4) is 0 Å². The molecule has 1 aromatic rings. The van der Waals surface area contributed by atoms with Crippen molar-refractivity contribution in [3.05, 3.63) is 30.1 Å². The second-order valence-corrected chi connectivity index (χ2v) is 5.16. The Kier molecular flexibility index (Phi) is 5.34. The molecule has 2 N–H and O–H groups in total. The zero-order valence-corrected chi connectivity index (χ0v) is 12.1. The topological polar surface area (TPSA) is 47.7 Å². The Labute approximate surface area is 119 Å². The lowest BCUT2D eigenvalue weighted by Gasteiger charge is -2.39. The fourth-order valence-electron chi connectivity index (χ4n) is 2.56. The molecule has 4 nitrogen and oxygen atoms in total. The van der Waals surface area contributed by atoms with Crippen LogP contribution in [0.15, 0.2) is 24.3 Å². The number of ether oxygens (including phenoxy) is 2. The van der Waals surface area contributed by atoms with Gasteiger partial charge in [-0.2, -0.15) is 0 Å². The number of likely N-dealkylation sites (tertiary alicyclic amines) is 1. The average molecular weight is 282 g/mol. The number of halogens is 1. The van der Waals surface area contributed by atoms with Crippen molar-refractivity contribution in [2.75, 3.05) is 20.2 Å². The smallest absolute Gasteiger partial charge is 0.152 e. The minimum Gasteiger partial charge on any atom is -0.475 e. The monoisotopic (exact) mass is 282 g/mol. The molecule has 0 amide bonds. The van der Waals surface area contributed by atoms with E-state index in [1.807, 2.05) is 0 Å². The summed E-state index contributed by atoms with van der Waals surface area (Å²) in [5, 5.41) is 0. The maximum absolute atomic E-state index is 12.9. The van der Waals surface area contributed by atoms with Gasteiger partial charge in [0.1, 0.15) is 11.6 Å². The number of benzene rings is 1. The van der Waals surface area contributed by atoms with Crippen LogP contribution in [0.5, 0.6) is 5.75 Å². The average Bonchev–Trinajstić information content (AvgIpc) is 2.47. The first kappa shape index (κ1) is 15.2. The molecular formula is C15H23FN2O2. The largest absolute Gasteiger partial charge is 0.475 e. The van der Waals surface area contributed by atoms with Gasteiger partial charge in [0.15, 0.2) is 6.23 Å². The second kappa shape index (κ2) is 7.02. The predicted molar refractivity (Wildman–Crippen MR) is 76.1 cm³/mol. The van der Waals surface area contributed by atoms with E-state index in [-0.39, 0.29) is 24.2 Å². The van der Waals surface area contributed by atoms with Crippen molar-refractivity contribution < 1.29 is 13.9 Å². The summed E-state index contributed by atoms with van der Waals surface area (Å²) in [6.07, 6.45) is 1.74. The summed E-state index contributed by atoms with van der Waals surface area (Å²) < 4.78 is 24.3. The lowest BCUT2D eigenvalue weighted by molar-refractivity contribution is -0.0510. The quantitative estimate of drug-likeness (QED) is 0.897. The maximum Gasteiger partial charge on any atom is 0.152 e. The minimum absolute atomic E-state index is 0.0365. The van der Waals surface area contributed by atoms with Crippen molar-refractivity contribution in [3.63, 3.8) is 0 Å². The van der Waals surface area contributed by atoms with E-state index in [4.69, 9.17) is 15.2 Å². The number of nitrogens with zero attached hydrogens (tertiary/aromatic N) is 1. The number of methoxy groups -OCH3 is 1. The molecule has 1 fully saturated rings. The Hall–Kier alpha value is -1.17. The van der Waals surface area contributed by atoms with Gasteiger partial charge < -0.3 is 15.2 Å². The first-order valence-electron chi connectivity index (χ1n) is 7.08. The van der Waals surface area contributed by atoms with E-state index in [9.17, 15) is 4.39 Å². The summed E-state index contributed by atoms with van der Waals surface area (Å²) in [5.41, 5.74) is 6.03. The normalized spacial score (nSPS) is 25.4. The van der Waals surface area contributed by atoms with Crippen molar-refractivity contribution in [3.8, 4) is 5.75 Å². The van der Waals surface area contributed by atoms with Crippen molar-refractivity contribution >= 4 is 0 Å². The van der Waals surface area contributed by atoms with E-state index in [1.54, 1.807) is 19.2 Å². The molecule has 1 aromatic carbocycles. The van der Waals surface area contributed by atoms with Gasteiger partial charge in [0.25, 0.3) is 0 Å². The van der Waals surface area contributed by atoms with Gasteiger partial charge in [-0.25, -0.2) is 4.39 Å². The van der Waals surface area contributed by atoms with Crippen LogP contribution in [0, 0.1) is 5.82 Å². The highest BCUT2D eigenvalue weighted by molar-refractivity contribution is 5.22. The van der Waals surface area contributed by atoms with Gasteiger partial charge in [-0.1, -0.05) is 6.92 Å². The molecule has 1 aliphatic heterocycles. The highest BCUT2D eigenvalue weighted by atomic mass is 19.1. The van der Waals surface area contributed by atoms with Crippen LogP contribution < -0.4 is 10.5 Å². The second-order valence-electron chi connectivity index (χ2n) is 5.16. The Morgan fingerprint density at radius 3 is 2.70 bits per heavy atom. The highest BCUT2D eigenvalue weighted by Gasteiger charge is 2.30. The summed E-state index contributed by atoms with van der Waals surface area (Å²) in [5.74, 6) is 0.427. The molecule has 5 heteroatoms. The van der Waals surface area contributed by atoms with Crippen molar-refractivity contribution in [2.24, 2.45) is 5.73 Å². The fourth-order valence-corrected chi connectivity index (χ4v) is 2.56. The molecule has 0 bridgehead atoms. The van der Waals surface area contributed by atoms with E-state index in [0.717, 1.165) is 25.9 Å². The van der Waals surface area contributed by atoms with Gasteiger partial charge in [0.05, 0.1) is 6.10 Å². The van der Waals surface area contributed by atoms with Crippen LogP contribution in [0.2, 0.25) is 0 Å². The molecular weight excluding hydrogens is 259 g/mol. The molecule has 20 heavy (non-hydrogen) atoms. The van der Waals surface area contributed by atoms with Crippen LogP contribution in [0.4, 0.5) is 4.39 Å². The SMILES string of the molecule is CCC(Oc1ccc(F)cc1)N1CCC(N)C(OC)C1. The Balaban J connectivity index is 1.99. The lowest BCUT2D eigenvalue weighted by atomic mass is 10.0. The van der Waals surface area contributed by atoms with Crippen molar-refractivity contribution in [1.29, 1.82) is 0 Å². The third-order valence-corrected chi connectivity index (χ3v) is 3.79. The highest BCUT2D eigenvalue weighted by Crippen LogP contribution is 2.20. The van der Waals surface area contributed by atoms with Gasteiger partial charge in [-0.3, -0.25) is 4.90 Å². The van der Waals surface area contributed by atoms with Crippen molar-refractivity contribution in [2.45, 2.75) is 38.1 Å². The summed E-state index contributed by atoms with van der Waals surface area (Å²) in [6, 6.07) is 6.21. The molecule has 1 heterocycles. The van der Waals surface area contributed by atoms with E-state index < -0.39 is 0 Å². The molecule has 2 rings (SSSR count). The van der Waals surface area contributed by atoms with Gasteiger partial charge >= 0.3 is 0 Å². The van der Waals surface area contributed by atoms with Gasteiger partial charge in [0, 0.05) is 26.2 Å². The molecule has 1 saturated heterocycles. The van der Waals surface area contributed by atoms with Crippen LogP contribution >= 0.6 is 0 Å². The summed E-state index contributed by atoms with van der Waals surface area (Å²) in [7, 11) is 1.69. The predicted octanol–water partition coefficient (Wildman–Crippen LogP) is 1.99.